The number of nitrogens with one attached hydrogen (secondary N) is 1. The number of hydrogen-bond donors (Lipinski definition) is 2. The lowest BCUT2D eigenvalue weighted by molar-refractivity contribution is -0.141. The van der Waals surface area contributed by atoms with Gasteiger partial charge in [-0.15, -0.1) is 0 Å². The van der Waals surface area contributed by atoms with Crippen molar-refractivity contribution in [3.05, 3.63) is 23.8 Å². The molecule has 3 atom stereocenters. The van der Waals surface area contributed by atoms with Crippen LogP contribution in [0.2, 0.25) is 0 Å². The van der Waals surface area contributed by atoms with Crippen molar-refractivity contribution in [1.82, 2.24) is 5.32 Å². The molecule has 0 aliphatic heterocycles. The lowest BCUT2D eigenvalue weighted by Crippen LogP contribution is -2.32. The Hall–Kier alpha value is -2.24. The highest BCUT2D eigenvalue weighted by molar-refractivity contribution is 5.81. The van der Waals surface area contributed by atoms with Gasteiger partial charge in [-0.1, -0.05) is 6.07 Å². The second-order valence-corrected chi connectivity index (χ2v) is 6.85. The first-order valence-electron chi connectivity index (χ1n) is 8.69. The summed E-state index contributed by atoms with van der Waals surface area (Å²) in [6, 6.07) is 5.41. The number of aliphatic carboxylic acids is 1. The van der Waals surface area contributed by atoms with Crippen LogP contribution in [0, 0.1) is 11.8 Å². The molecular formula is C19H27NO5. The zero-order chi connectivity index (χ0) is 18.6. The summed E-state index contributed by atoms with van der Waals surface area (Å²) >= 11 is 0. The number of carbonyl (C=O) groups is 2. The van der Waals surface area contributed by atoms with Gasteiger partial charge in [0.2, 0.25) is 5.91 Å². The van der Waals surface area contributed by atoms with E-state index in [2.05, 4.69) is 5.32 Å². The van der Waals surface area contributed by atoms with Crippen LogP contribution in [0.25, 0.3) is 0 Å². The summed E-state index contributed by atoms with van der Waals surface area (Å²) in [5.74, 6) is -0.238. The van der Waals surface area contributed by atoms with E-state index in [1.165, 1.54) is 0 Å². The molecule has 0 saturated heterocycles. The van der Waals surface area contributed by atoms with Crippen molar-refractivity contribution in [3.63, 3.8) is 0 Å². The number of rotatable bonds is 7. The summed E-state index contributed by atoms with van der Waals surface area (Å²) in [7, 11) is 1.58. The number of carbonyl (C=O) groups excluding carboxylic acids is 1. The van der Waals surface area contributed by atoms with Gasteiger partial charge < -0.3 is 19.9 Å². The van der Waals surface area contributed by atoms with Crippen LogP contribution in [-0.2, 0) is 9.59 Å². The molecule has 138 valence electrons. The van der Waals surface area contributed by atoms with Crippen LogP contribution < -0.4 is 14.8 Å². The summed E-state index contributed by atoms with van der Waals surface area (Å²) < 4.78 is 11.1. The molecule has 2 N–H and O–H groups in total. The van der Waals surface area contributed by atoms with Crippen molar-refractivity contribution in [2.24, 2.45) is 11.8 Å². The quantitative estimate of drug-likeness (QED) is 0.790. The van der Waals surface area contributed by atoms with E-state index in [1.807, 2.05) is 39.0 Å². The van der Waals surface area contributed by atoms with E-state index in [9.17, 15) is 9.59 Å². The maximum absolute atomic E-state index is 12.4. The topological polar surface area (TPSA) is 84.9 Å². The first-order valence-corrected chi connectivity index (χ1v) is 8.69. The molecule has 1 saturated carbocycles. The first kappa shape index (κ1) is 19.1. The van der Waals surface area contributed by atoms with Gasteiger partial charge >= 0.3 is 5.97 Å². The third kappa shape index (κ3) is 4.87. The Morgan fingerprint density at radius 1 is 1.16 bits per heavy atom. The van der Waals surface area contributed by atoms with Crippen molar-refractivity contribution < 1.29 is 24.2 Å². The third-order valence-electron chi connectivity index (χ3n) is 4.56. The molecule has 1 fully saturated rings. The normalized spacial score (nSPS) is 21.0. The van der Waals surface area contributed by atoms with Crippen LogP contribution in [0.15, 0.2) is 18.2 Å². The van der Waals surface area contributed by atoms with Crippen LogP contribution in [0.4, 0.5) is 0 Å². The summed E-state index contributed by atoms with van der Waals surface area (Å²) in [5.41, 5.74) is 0.911. The molecule has 1 unspecified atom stereocenters. The van der Waals surface area contributed by atoms with E-state index in [0.29, 0.717) is 30.8 Å². The third-order valence-corrected chi connectivity index (χ3v) is 4.56. The van der Waals surface area contributed by atoms with Crippen molar-refractivity contribution in [3.8, 4) is 11.5 Å². The van der Waals surface area contributed by atoms with Crippen LogP contribution in [0.5, 0.6) is 11.5 Å². The molecule has 0 spiro atoms. The minimum absolute atomic E-state index is 0.0430. The van der Waals surface area contributed by atoms with Crippen LogP contribution in [0.3, 0.4) is 0 Å². The van der Waals surface area contributed by atoms with Gasteiger partial charge in [0, 0.05) is 5.92 Å². The number of carboxylic acid groups (broad SMARTS) is 1. The molecule has 1 aromatic rings. The average molecular weight is 349 g/mol. The van der Waals surface area contributed by atoms with E-state index in [0.717, 1.165) is 5.56 Å². The van der Waals surface area contributed by atoms with Gasteiger partial charge in [-0.3, -0.25) is 9.59 Å². The number of methoxy groups -OCH3 is 1. The average Bonchev–Trinajstić information content (AvgIpc) is 3.05. The maximum Gasteiger partial charge on any atom is 0.306 e. The Morgan fingerprint density at radius 2 is 1.84 bits per heavy atom. The molecule has 1 aliphatic carbocycles. The molecule has 0 radical (unpaired) electrons. The zero-order valence-corrected chi connectivity index (χ0v) is 15.2. The molecule has 1 amide bonds. The standard InChI is InChI=1S/C19H27NO5/c1-11(2)25-16-8-7-13(10-17(16)24-4)12(3)20-18(21)14-5-6-15(9-14)19(22)23/h7-8,10-12,14-15H,5-6,9H2,1-4H3,(H,20,21)(H,22,23)/t12?,14-,15+/m1/s1. The molecule has 25 heavy (non-hydrogen) atoms. The smallest absolute Gasteiger partial charge is 0.306 e. The molecule has 6 heteroatoms. The summed E-state index contributed by atoms with van der Waals surface area (Å²) in [6.45, 7) is 5.80. The van der Waals surface area contributed by atoms with Gasteiger partial charge in [0.05, 0.1) is 25.2 Å². The van der Waals surface area contributed by atoms with Crippen molar-refractivity contribution in [2.45, 2.75) is 52.2 Å². The Balaban J connectivity index is 2.01. The molecule has 6 nitrogen and oxygen atoms in total. The Labute approximate surface area is 148 Å². The number of benzene rings is 1. The van der Waals surface area contributed by atoms with Crippen molar-refractivity contribution in [2.75, 3.05) is 7.11 Å². The lowest BCUT2D eigenvalue weighted by Gasteiger charge is -2.20. The largest absolute Gasteiger partial charge is 0.493 e. The van der Waals surface area contributed by atoms with Crippen LogP contribution in [0.1, 0.15) is 51.6 Å². The molecule has 2 rings (SSSR count). The highest BCUT2D eigenvalue weighted by atomic mass is 16.5. The highest BCUT2D eigenvalue weighted by Crippen LogP contribution is 2.33. The van der Waals surface area contributed by atoms with Gasteiger partial charge in [0.25, 0.3) is 0 Å². The summed E-state index contributed by atoms with van der Waals surface area (Å²) in [5, 5.41) is 12.0. The van der Waals surface area contributed by atoms with Gasteiger partial charge in [-0.2, -0.15) is 0 Å². The fourth-order valence-electron chi connectivity index (χ4n) is 3.16. The number of carboxylic acids is 1. The van der Waals surface area contributed by atoms with Crippen LogP contribution in [-0.4, -0.2) is 30.2 Å². The fourth-order valence-corrected chi connectivity index (χ4v) is 3.16. The summed E-state index contributed by atoms with van der Waals surface area (Å²) in [6.07, 6.45) is 1.65. The van der Waals surface area contributed by atoms with Crippen LogP contribution >= 0.6 is 0 Å². The Morgan fingerprint density at radius 3 is 2.40 bits per heavy atom. The molecule has 0 bridgehead atoms. The summed E-state index contributed by atoms with van der Waals surface area (Å²) in [4.78, 5) is 23.4. The minimum atomic E-state index is -0.811. The first-order chi connectivity index (χ1) is 11.8. The predicted molar refractivity (Wildman–Crippen MR) is 93.8 cm³/mol. The monoisotopic (exact) mass is 349 g/mol. The second kappa shape index (κ2) is 8.23. The van der Waals surface area contributed by atoms with Gasteiger partial charge in [0.15, 0.2) is 11.5 Å². The SMILES string of the molecule is COc1cc(C(C)NC(=O)[C@@H]2CC[C@H](C(=O)O)C2)ccc1OC(C)C. The Bertz CT molecular complexity index is 628. The maximum atomic E-state index is 12.4. The molecule has 1 aromatic carbocycles. The van der Waals surface area contributed by atoms with E-state index < -0.39 is 11.9 Å². The second-order valence-electron chi connectivity index (χ2n) is 6.85. The number of ether oxygens (including phenoxy) is 2. The lowest BCUT2D eigenvalue weighted by atomic mass is 10.0. The highest BCUT2D eigenvalue weighted by Gasteiger charge is 2.34. The number of amides is 1. The van der Waals surface area contributed by atoms with Crippen molar-refractivity contribution in [1.29, 1.82) is 0 Å². The van der Waals surface area contributed by atoms with E-state index >= 15 is 0 Å². The van der Waals surface area contributed by atoms with Gasteiger partial charge in [0.1, 0.15) is 0 Å². The van der Waals surface area contributed by atoms with Crippen molar-refractivity contribution >= 4 is 11.9 Å². The number of hydrogen-bond acceptors (Lipinski definition) is 4. The Kier molecular flexibility index (Phi) is 6.28. The molecule has 1 aliphatic rings. The molecule has 0 heterocycles. The van der Waals surface area contributed by atoms with E-state index in [-0.39, 0.29) is 24.0 Å². The molecule has 0 aromatic heterocycles. The zero-order valence-electron chi connectivity index (χ0n) is 15.2. The molecular weight excluding hydrogens is 322 g/mol. The minimum Gasteiger partial charge on any atom is -0.493 e. The predicted octanol–water partition coefficient (Wildman–Crippen LogP) is 3.16. The van der Waals surface area contributed by atoms with E-state index in [4.69, 9.17) is 14.6 Å². The van der Waals surface area contributed by atoms with Gasteiger partial charge in [-0.05, 0) is 57.7 Å². The fraction of sp³-hybridized carbons (Fsp3) is 0.579. The van der Waals surface area contributed by atoms with E-state index in [1.54, 1.807) is 7.11 Å². The van der Waals surface area contributed by atoms with Gasteiger partial charge in [-0.25, -0.2) is 0 Å².